The zero-order chi connectivity index (χ0) is 28.7. The predicted molar refractivity (Wildman–Crippen MR) is 135 cm³/mol. The number of carbonyl (C=O) groups is 3. The van der Waals surface area contributed by atoms with Gasteiger partial charge in [-0.1, -0.05) is 32.0 Å². The molecule has 0 aromatic heterocycles. The van der Waals surface area contributed by atoms with E-state index in [1.54, 1.807) is 39.0 Å². The van der Waals surface area contributed by atoms with Crippen LogP contribution in [0.5, 0.6) is 0 Å². The number of esters is 2. The van der Waals surface area contributed by atoms with Crippen molar-refractivity contribution in [2.24, 2.45) is 16.7 Å². The standard InChI is InChI=1S/C29H36O10/c1-14-17(31)12-29(36)24(38-25(35)16-9-7-6-8-10-16)22-27(5,23(34)21(33)20(14)26(29,3)4)18(32)11-19-28(22,13-37-19)39-15(2)30/h6-10,17-19,21-22,24,31-33,36H,11-13H2,1-5H3/t17-,18-,19-,21+,22-,24-,27+,28-,29+/m0/s1. The first kappa shape index (κ1) is 27.9. The SMILES string of the molecule is CC(=O)O[C@@]12CO[C@H]1C[C@H](O)[C@@]1(C)C(=O)[C@H](O)C3=C(C)[C@@H](O)C[C@@](O)([C@@H](OC(=O)c4ccccc4)[C@H]21)C3(C)C. The Bertz CT molecular complexity index is 1240. The predicted octanol–water partition coefficient (Wildman–Crippen LogP) is 1.08. The van der Waals surface area contributed by atoms with E-state index in [1.807, 2.05) is 0 Å². The van der Waals surface area contributed by atoms with E-state index < -0.39 is 76.2 Å². The summed E-state index contributed by atoms with van der Waals surface area (Å²) < 4.78 is 17.7. The highest BCUT2D eigenvalue weighted by molar-refractivity contribution is 5.94. The summed E-state index contributed by atoms with van der Waals surface area (Å²) in [7, 11) is 0. The van der Waals surface area contributed by atoms with Gasteiger partial charge in [0.2, 0.25) is 0 Å². The van der Waals surface area contributed by atoms with Crippen LogP contribution in [0, 0.1) is 16.7 Å². The second-order valence-corrected chi connectivity index (χ2v) is 12.2. The van der Waals surface area contributed by atoms with Crippen molar-refractivity contribution in [2.75, 3.05) is 6.61 Å². The number of carbonyl (C=O) groups excluding carboxylic acids is 3. The van der Waals surface area contributed by atoms with Gasteiger partial charge in [-0.05, 0) is 37.1 Å². The summed E-state index contributed by atoms with van der Waals surface area (Å²) in [5.41, 5.74) is -6.24. The number of ketones is 1. The molecule has 0 amide bonds. The Morgan fingerprint density at radius 3 is 2.28 bits per heavy atom. The monoisotopic (exact) mass is 544 g/mol. The highest BCUT2D eigenvalue weighted by Gasteiger charge is 2.77. The van der Waals surface area contributed by atoms with Crippen molar-refractivity contribution < 1.29 is 49.0 Å². The largest absolute Gasteiger partial charge is 0.455 e. The molecule has 2 bridgehead atoms. The van der Waals surface area contributed by atoms with E-state index >= 15 is 0 Å². The number of fused-ring (bicyclic) bond motifs is 5. The molecule has 212 valence electrons. The average Bonchev–Trinajstić information content (AvgIpc) is 2.87. The zero-order valence-electron chi connectivity index (χ0n) is 22.7. The summed E-state index contributed by atoms with van der Waals surface area (Å²) in [6, 6.07) is 8.08. The first-order valence-electron chi connectivity index (χ1n) is 13.2. The van der Waals surface area contributed by atoms with Gasteiger partial charge in [0, 0.05) is 25.2 Å². The maximum Gasteiger partial charge on any atom is 0.338 e. The lowest BCUT2D eigenvalue weighted by Gasteiger charge is -2.67. The Balaban J connectivity index is 1.81. The van der Waals surface area contributed by atoms with Crippen molar-refractivity contribution in [3.8, 4) is 0 Å². The minimum absolute atomic E-state index is 0.0828. The molecule has 10 heteroatoms. The second-order valence-electron chi connectivity index (χ2n) is 12.2. The topological polar surface area (TPSA) is 160 Å². The fraction of sp³-hybridized carbons (Fsp3) is 0.621. The third kappa shape index (κ3) is 3.62. The van der Waals surface area contributed by atoms with Crippen LogP contribution < -0.4 is 0 Å². The number of benzene rings is 1. The van der Waals surface area contributed by atoms with Crippen molar-refractivity contribution in [1.82, 2.24) is 0 Å². The van der Waals surface area contributed by atoms with Crippen molar-refractivity contribution in [3.05, 3.63) is 47.0 Å². The lowest BCUT2D eigenvalue weighted by atomic mass is 9.44. The molecule has 39 heavy (non-hydrogen) atoms. The highest BCUT2D eigenvalue weighted by atomic mass is 16.6. The summed E-state index contributed by atoms with van der Waals surface area (Å²) in [5, 5.41) is 46.7. The summed E-state index contributed by atoms with van der Waals surface area (Å²) in [6.07, 6.45) is -7.26. The van der Waals surface area contributed by atoms with E-state index in [9.17, 15) is 34.8 Å². The third-order valence-electron chi connectivity index (χ3n) is 9.95. The Morgan fingerprint density at radius 2 is 1.72 bits per heavy atom. The molecule has 0 unspecified atom stereocenters. The Labute approximate surface area is 226 Å². The van der Waals surface area contributed by atoms with Crippen LogP contribution in [-0.4, -0.2) is 86.5 Å². The number of aliphatic hydroxyl groups excluding tert-OH is 3. The van der Waals surface area contributed by atoms with Gasteiger partial charge in [0.05, 0.1) is 35.7 Å². The number of Topliss-reactive ketones (excluding diaryl/α,β-unsaturated/α-hetero) is 1. The van der Waals surface area contributed by atoms with E-state index in [0.29, 0.717) is 5.57 Å². The van der Waals surface area contributed by atoms with E-state index in [1.165, 1.54) is 26.0 Å². The highest BCUT2D eigenvalue weighted by Crippen LogP contribution is 2.63. The van der Waals surface area contributed by atoms with Crippen LogP contribution in [0.15, 0.2) is 41.5 Å². The van der Waals surface area contributed by atoms with Gasteiger partial charge < -0.3 is 34.6 Å². The number of aliphatic hydroxyl groups is 4. The fourth-order valence-corrected chi connectivity index (χ4v) is 7.66. The molecule has 1 heterocycles. The number of ether oxygens (including phenoxy) is 3. The van der Waals surface area contributed by atoms with Gasteiger partial charge in [0.1, 0.15) is 23.9 Å². The molecule has 2 saturated carbocycles. The lowest BCUT2D eigenvalue weighted by Crippen LogP contribution is -2.81. The molecule has 4 N–H and O–H groups in total. The van der Waals surface area contributed by atoms with Gasteiger partial charge in [0.25, 0.3) is 0 Å². The van der Waals surface area contributed by atoms with Crippen LogP contribution in [0.2, 0.25) is 0 Å². The molecule has 1 saturated heterocycles. The molecular formula is C29H36O10. The van der Waals surface area contributed by atoms with Gasteiger partial charge >= 0.3 is 11.9 Å². The molecule has 3 fully saturated rings. The van der Waals surface area contributed by atoms with E-state index in [-0.39, 0.29) is 30.6 Å². The average molecular weight is 545 g/mol. The summed E-state index contributed by atoms with van der Waals surface area (Å²) >= 11 is 0. The Hall–Kier alpha value is -2.63. The molecule has 0 spiro atoms. The maximum absolute atomic E-state index is 14.3. The minimum Gasteiger partial charge on any atom is -0.455 e. The molecule has 1 aliphatic heterocycles. The van der Waals surface area contributed by atoms with Gasteiger partial charge in [-0.3, -0.25) is 9.59 Å². The fourth-order valence-electron chi connectivity index (χ4n) is 7.66. The van der Waals surface area contributed by atoms with Crippen LogP contribution in [0.1, 0.15) is 57.8 Å². The second kappa shape index (κ2) is 8.94. The summed E-state index contributed by atoms with van der Waals surface area (Å²) in [4.78, 5) is 40.3. The van der Waals surface area contributed by atoms with Crippen LogP contribution in [-0.2, 0) is 23.8 Å². The van der Waals surface area contributed by atoms with E-state index in [0.717, 1.165) is 0 Å². The molecule has 5 rings (SSSR count). The Morgan fingerprint density at radius 1 is 1.08 bits per heavy atom. The quantitative estimate of drug-likeness (QED) is 0.320. The lowest BCUT2D eigenvalue weighted by molar-refractivity contribution is -0.345. The third-order valence-corrected chi connectivity index (χ3v) is 9.95. The molecule has 4 aliphatic rings. The molecule has 1 aromatic carbocycles. The molecule has 3 aliphatic carbocycles. The van der Waals surface area contributed by atoms with Crippen LogP contribution >= 0.6 is 0 Å². The van der Waals surface area contributed by atoms with Crippen molar-refractivity contribution >= 4 is 17.7 Å². The van der Waals surface area contributed by atoms with E-state index in [2.05, 4.69) is 0 Å². The first-order valence-corrected chi connectivity index (χ1v) is 13.2. The molecule has 1 aromatic rings. The van der Waals surface area contributed by atoms with Crippen molar-refractivity contribution in [3.63, 3.8) is 0 Å². The normalized spacial score (nSPS) is 42.7. The number of hydrogen-bond donors (Lipinski definition) is 4. The van der Waals surface area contributed by atoms with Gasteiger partial charge in [0.15, 0.2) is 11.4 Å². The summed E-state index contributed by atoms with van der Waals surface area (Å²) in [5.74, 6) is -3.60. The van der Waals surface area contributed by atoms with Gasteiger partial charge in [-0.15, -0.1) is 0 Å². The van der Waals surface area contributed by atoms with Crippen molar-refractivity contribution in [1.29, 1.82) is 0 Å². The number of rotatable bonds is 3. The minimum atomic E-state index is -2.07. The summed E-state index contributed by atoms with van der Waals surface area (Å²) in [6.45, 7) is 7.29. The first-order chi connectivity index (χ1) is 18.1. The van der Waals surface area contributed by atoms with E-state index in [4.69, 9.17) is 14.2 Å². The van der Waals surface area contributed by atoms with Gasteiger partial charge in [-0.2, -0.15) is 0 Å². The molecule has 10 nitrogen and oxygen atoms in total. The van der Waals surface area contributed by atoms with Crippen molar-refractivity contribution in [2.45, 2.75) is 89.2 Å². The molecule has 0 radical (unpaired) electrons. The Kier molecular flexibility index (Phi) is 6.40. The molecule has 9 atom stereocenters. The van der Waals surface area contributed by atoms with Gasteiger partial charge in [-0.25, -0.2) is 4.79 Å². The van der Waals surface area contributed by atoms with Crippen LogP contribution in [0.4, 0.5) is 0 Å². The van der Waals surface area contributed by atoms with Crippen LogP contribution in [0.3, 0.4) is 0 Å². The molecular weight excluding hydrogens is 508 g/mol. The zero-order valence-corrected chi connectivity index (χ0v) is 22.7. The smallest absolute Gasteiger partial charge is 0.338 e. The number of hydrogen-bond acceptors (Lipinski definition) is 10. The maximum atomic E-state index is 14.3. The van der Waals surface area contributed by atoms with Crippen LogP contribution in [0.25, 0.3) is 0 Å².